The summed E-state index contributed by atoms with van der Waals surface area (Å²) in [6.07, 6.45) is 2.20. The Hall–Kier alpha value is -1.60. The Morgan fingerprint density at radius 3 is 1.83 bits per heavy atom. The third kappa shape index (κ3) is 3.71. The number of aliphatic hydroxyl groups is 1. The predicted molar refractivity (Wildman–Crippen MR) is 75.7 cm³/mol. The monoisotopic (exact) mass is 240 g/mol. The van der Waals surface area contributed by atoms with Crippen LogP contribution >= 0.6 is 0 Å². The van der Waals surface area contributed by atoms with Gasteiger partial charge < -0.3 is 5.11 Å². The molecule has 2 aromatic rings. The molecule has 2 aromatic carbocycles. The molecule has 1 heteroatoms. The van der Waals surface area contributed by atoms with Crippen LogP contribution < -0.4 is 0 Å². The third-order valence-corrected chi connectivity index (χ3v) is 3.22. The molecule has 1 nitrogen and oxygen atoms in total. The molecule has 0 aliphatic rings. The van der Waals surface area contributed by atoms with Crippen molar-refractivity contribution in [3.8, 4) is 0 Å². The summed E-state index contributed by atoms with van der Waals surface area (Å²) in [5.41, 5.74) is 3.74. The summed E-state index contributed by atoms with van der Waals surface area (Å²) in [5, 5.41) is 10.1. The first kappa shape index (κ1) is 12.8. The average molecular weight is 240 g/mol. The van der Waals surface area contributed by atoms with E-state index in [4.69, 9.17) is 0 Å². The van der Waals surface area contributed by atoms with E-state index in [1.54, 1.807) is 0 Å². The second-order valence-corrected chi connectivity index (χ2v) is 4.72. The van der Waals surface area contributed by atoms with Gasteiger partial charge in [0.15, 0.2) is 0 Å². The molecule has 1 N–H and O–H groups in total. The van der Waals surface area contributed by atoms with Gasteiger partial charge in [0.25, 0.3) is 0 Å². The van der Waals surface area contributed by atoms with Gasteiger partial charge in [-0.25, -0.2) is 0 Å². The van der Waals surface area contributed by atoms with Gasteiger partial charge in [0.2, 0.25) is 0 Å². The highest BCUT2D eigenvalue weighted by Crippen LogP contribution is 2.10. The van der Waals surface area contributed by atoms with Crippen LogP contribution in [0.5, 0.6) is 0 Å². The summed E-state index contributed by atoms with van der Waals surface area (Å²) < 4.78 is 0. The highest BCUT2D eigenvalue weighted by Gasteiger charge is 2.06. The molecular formula is C17H20O. The zero-order chi connectivity index (χ0) is 12.8. The SMILES string of the molecule is CCc1ccc(CC(O)Cc2ccccc2)cc1. The van der Waals surface area contributed by atoms with Gasteiger partial charge in [0, 0.05) is 0 Å². The van der Waals surface area contributed by atoms with Crippen molar-refractivity contribution in [2.24, 2.45) is 0 Å². The Morgan fingerprint density at radius 2 is 1.28 bits per heavy atom. The highest BCUT2D eigenvalue weighted by atomic mass is 16.3. The van der Waals surface area contributed by atoms with E-state index in [0.717, 1.165) is 19.3 Å². The van der Waals surface area contributed by atoms with Crippen molar-refractivity contribution in [1.29, 1.82) is 0 Å². The van der Waals surface area contributed by atoms with E-state index in [-0.39, 0.29) is 6.10 Å². The molecule has 0 heterocycles. The van der Waals surface area contributed by atoms with Crippen LogP contribution in [0.2, 0.25) is 0 Å². The summed E-state index contributed by atoms with van der Waals surface area (Å²) in [6, 6.07) is 18.7. The van der Waals surface area contributed by atoms with Crippen LogP contribution in [0, 0.1) is 0 Å². The Balaban J connectivity index is 1.92. The minimum absolute atomic E-state index is 0.306. The lowest BCUT2D eigenvalue weighted by atomic mass is 10.0. The first-order chi connectivity index (χ1) is 8.78. The molecule has 18 heavy (non-hydrogen) atoms. The number of benzene rings is 2. The first-order valence-corrected chi connectivity index (χ1v) is 6.57. The Morgan fingerprint density at radius 1 is 0.778 bits per heavy atom. The van der Waals surface area contributed by atoms with Crippen molar-refractivity contribution in [3.63, 3.8) is 0 Å². The Labute approximate surface area is 109 Å². The fraction of sp³-hybridized carbons (Fsp3) is 0.294. The van der Waals surface area contributed by atoms with Crippen LogP contribution in [0.25, 0.3) is 0 Å². The van der Waals surface area contributed by atoms with E-state index < -0.39 is 0 Å². The Bertz CT molecular complexity index is 459. The van der Waals surface area contributed by atoms with Crippen molar-refractivity contribution >= 4 is 0 Å². The lowest BCUT2D eigenvalue weighted by Gasteiger charge is -2.11. The summed E-state index contributed by atoms with van der Waals surface area (Å²) >= 11 is 0. The van der Waals surface area contributed by atoms with Gasteiger partial charge in [-0.2, -0.15) is 0 Å². The maximum atomic E-state index is 10.1. The van der Waals surface area contributed by atoms with Gasteiger partial charge in [0.05, 0.1) is 6.10 Å². The van der Waals surface area contributed by atoms with E-state index in [1.807, 2.05) is 18.2 Å². The number of aliphatic hydroxyl groups excluding tert-OH is 1. The lowest BCUT2D eigenvalue weighted by molar-refractivity contribution is 0.175. The molecule has 0 bridgehead atoms. The van der Waals surface area contributed by atoms with Crippen molar-refractivity contribution in [2.45, 2.75) is 32.3 Å². The van der Waals surface area contributed by atoms with Crippen LogP contribution in [0.4, 0.5) is 0 Å². The first-order valence-electron chi connectivity index (χ1n) is 6.57. The number of aryl methyl sites for hydroxylation is 1. The summed E-state index contributed by atoms with van der Waals surface area (Å²) in [4.78, 5) is 0. The molecule has 0 spiro atoms. The van der Waals surface area contributed by atoms with E-state index in [2.05, 4.69) is 43.3 Å². The van der Waals surface area contributed by atoms with Crippen molar-refractivity contribution < 1.29 is 5.11 Å². The molecule has 0 aromatic heterocycles. The van der Waals surface area contributed by atoms with Crippen molar-refractivity contribution in [2.75, 3.05) is 0 Å². The van der Waals surface area contributed by atoms with Crippen LogP contribution in [0.1, 0.15) is 23.6 Å². The molecule has 94 valence electrons. The van der Waals surface area contributed by atoms with Gasteiger partial charge in [-0.3, -0.25) is 0 Å². The zero-order valence-electron chi connectivity index (χ0n) is 10.8. The predicted octanol–water partition coefficient (Wildman–Crippen LogP) is 3.40. The third-order valence-electron chi connectivity index (χ3n) is 3.22. The molecule has 2 rings (SSSR count). The number of rotatable bonds is 5. The molecule has 0 radical (unpaired) electrons. The molecule has 0 saturated carbocycles. The summed E-state index contributed by atoms with van der Waals surface area (Å²) in [6.45, 7) is 2.15. The van der Waals surface area contributed by atoms with E-state index in [9.17, 15) is 5.11 Å². The fourth-order valence-corrected chi connectivity index (χ4v) is 2.14. The molecule has 0 amide bonds. The van der Waals surface area contributed by atoms with E-state index >= 15 is 0 Å². The fourth-order valence-electron chi connectivity index (χ4n) is 2.14. The van der Waals surface area contributed by atoms with E-state index in [0.29, 0.717) is 0 Å². The second kappa shape index (κ2) is 6.36. The maximum Gasteiger partial charge on any atom is 0.0620 e. The molecule has 0 aliphatic carbocycles. The average Bonchev–Trinajstić information content (AvgIpc) is 2.40. The molecule has 0 aliphatic heterocycles. The standard InChI is InChI=1S/C17H20O/c1-2-14-8-10-16(11-9-14)13-17(18)12-15-6-4-3-5-7-15/h3-11,17-18H,2,12-13H2,1H3. The van der Waals surface area contributed by atoms with Crippen molar-refractivity contribution in [3.05, 3.63) is 71.3 Å². The second-order valence-electron chi connectivity index (χ2n) is 4.72. The number of hydrogen-bond acceptors (Lipinski definition) is 1. The molecular weight excluding hydrogens is 220 g/mol. The normalized spacial score (nSPS) is 12.3. The molecule has 1 unspecified atom stereocenters. The topological polar surface area (TPSA) is 20.2 Å². The maximum absolute atomic E-state index is 10.1. The van der Waals surface area contributed by atoms with Crippen LogP contribution in [0.3, 0.4) is 0 Å². The van der Waals surface area contributed by atoms with Crippen molar-refractivity contribution in [1.82, 2.24) is 0 Å². The molecule has 1 atom stereocenters. The summed E-state index contributed by atoms with van der Waals surface area (Å²) in [7, 11) is 0. The van der Waals surface area contributed by atoms with Crippen LogP contribution in [-0.2, 0) is 19.3 Å². The highest BCUT2D eigenvalue weighted by molar-refractivity contribution is 5.23. The minimum atomic E-state index is -0.306. The van der Waals surface area contributed by atoms with Crippen LogP contribution in [-0.4, -0.2) is 11.2 Å². The quantitative estimate of drug-likeness (QED) is 0.849. The molecule has 0 fully saturated rings. The van der Waals surface area contributed by atoms with Gasteiger partial charge >= 0.3 is 0 Å². The van der Waals surface area contributed by atoms with Gasteiger partial charge in [-0.1, -0.05) is 61.5 Å². The van der Waals surface area contributed by atoms with Gasteiger partial charge in [-0.15, -0.1) is 0 Å². The zero-order valence-corrected chi connectivity index (χ0v) is 10.8. The molecule has 0 saturated heterocycles. The smallest absolute Gasteiger partial charge is 0.0620 e. The van der Waals surface area contributed by atoms with Gasteiger partial charge in [0.1, 0.15) is 0 Å². The Kier molecular flexibility index (Phi) is 4.54. The number of hydrogen-bond donors (Lipinski definition) is 1. The minimum Gasteiger partial charge on any atom is -0.392 e. The summed E-state index contributed by atoms with van der Waals surface area (Å²) in [5.74, 6) is 0. The van der Waals surface area contributed by atoms with Crippen LogP contribution in [0.15, 0.2) is 54.6 Å². The lowest BCUT2D eigenvalue weighted by Crippen LogP contribution is -2.13. The largest absolute Gasteiger partial charge is 0.392 e. The van der Waals surface area contributed by atoms with E-state index in [1.165, 1.54) is 16.7 Å². The van der Waals surface area contributed by atoms with Gasteiger partial charge in [-0.05, 0) is 36.0 Å².